The minimum absolute atomic E-state index is 0.0813. The van der Waals surface area contributed by atoms with E-state index in [1.807, 2.05) is 38.1 Å². The van der Waals surface area contributed by atoms with Crippen LogP contribution in [0.1, 0.15) is 24.1 Å². The minimum Gasteiger partial charge on any atom is -0.383 e. The van der Waals surface area contributed by atoms with Gasteiger partial charge in [0.05, 0.1) is 11.8 Å². The first-order chi connectivity index (χ1) is 10.5. The maximum absolute atomic E-state index is 12.0. The Kier molecular flexibility index (Phi) is 5.21. The van der Waals surface area contributed by atoms with E-state index in [1.165, 1.54) is 6.07 Å². The van der Waals surface area contributed by atoms with Crippen molar-refractivity contribution in [2.75, 3.05) is 11.5 Å². The molecule has 0 saturated heterocycles. The number of carbonyl (C=O) groups is 1. The highest BCUT2D eigenvalue weighted by Crippen LogP contribution is 2.17. The van der Waals surface area contributed by atoms with Crippen LogP contribution in [0.25, 0.3) is 0 Å². The number of nitrogens with two attached hydrogens (primary N) is 1. The summed E-state index contributed by atoms with van der Waals surface area (Å²) in [7, 11) is 0. The summed E-state index contributed by atoms with van der Waals surface area (Å²) in [6, 6.07) is 9.02. The summed E-state index contributed by atoms with van der Waals surface area (Å²) in [4.78, 5) is 29.8. The zero-order valence-electron chi connectivity index (χ0n) is 12.4. The molecule has 0 spiro atoms. The van der Waals surface area contributed by atoms with Crippen LogP contribution in [0.15, 0.2) is 40.3 Å². The predicted molar refractivity (Wildman–Crippen MR) is 87.7 cm³/mol. The van der Waals surface area contributed by atoms with Gasteiger partial charge in [0.25, 0.3) is 5.56 Å². The molecule has 0 radical (unpaired) electrons. The lowest BCUT2D eigenvalue weighted by atomic mass is 10.0. The molecule has 0 aliphatic heterocycles. The first-order valence-electron chi connectivity index (χ1n) is 6.80. The molecular formula is C15H18N4O2S. The molecule has 0 aliphatic rings. The Morgan fingerprint density at radius 3 is 2.86 bits per heavy atom. The third-order valence-electron chi connectivity index (χ3n) is 3.11. The molecule has 116 valence electrons. The Hall–Kier alpha value is -2.28. The highest BCUT2D eigenvalue weighted by atomic mass is 32.2. The third-order valence-corrected chi connectivity index (χ3v) is 3.99. The smallest absolute Gasteiger partial charge is 0.253 e. The molecule has 0 saturated carbocycles. The van der Waals surface area contributed by atoms with Crippen LogP contribution in [-0.4, -0.2) is 21.6 Å². The lowest BCUT2D eigenvalue weighted by Crippen LogP contribution is -2.28. The zero-order valence-corrected chi connectivity index (χ0v) is 13.2. The quantitative estimate of drug-likeness (QED) is 0.574. The summed E-state index contributed by atoms with van der Waals surface area (Å²) in [5, 5.41) is 3.26. The van der Waals surface area contributed by atoms with E-state index in [1.54, 1.807) is 0 Å². The van der Waals surface area contributed by atoms with Crippen LogP contribution in [0.4, 0.5) is 5.82 Å². The van der Waals surface area contributed by atoms with Crippen LogP contribution in [0.5, 0.6) is 0 Å². The molecule has 1 aromatic carbocycles. The van der Waals surface area contributed by atoms with E-state index in [-0.39, 0.29) is 29.1 Å². The maximum atomic E-state index is 12.0. The number of H-pyrrole nitrogens is 1. The first kappa shape index (κ1) is 16.1. The molecule has 0 bridgehead atoms. The second kappa shape index (κ2) is 7.13. The minimum atomic E-state index is -0.330. The molecule has 4 N–H and O–H groups in total. The fourth-order valence-electron chi connectivity index (χ4n) is 2.09. The fourth-order valence-corrected chi connectivity index (χ4v) is 2.78. The molecule has 7 heteroatoms. The van der Waals surface area contributed by atoms with Gasteiger partial charge in [-0.2, -0.15) is 0 Å². The lowest BCUT2D eigenvalue weighted by Gasteiger charge is -2.16. The SMILES string of the molecule is Cc1ccccc1[C@H](C)NC(=O)CSc1nc(N)cc(=O)[nH]1. The summed E-state index contributed by atoms with van der Waals surface area (Å²) in [6.45, 7) is 3.94. The highest BCUT2D eigenvalue weighted by molar-refractivity contribution is 7.99. The Balaban J connectivity index is 1.93. The van der Waals surface area contributed by atoms with Crippen molar-refractivity contribution >= 4 is 23.5 Å². The highest BCUT2D eigenvalue weighted by Gasteiger charge is 2.12. The van der Waals surface area contributed by atoms with Crippen LogP contribution in [0.2, 0.25) is 0 Å². The average molecular weight is 318 g/mol. The number of nitrogens with zero attached hydrogens (tertiary/aromatic N) is 1. The molecule has 1 heterocycles. The second-order valence-electron chi connectivity index (χ2n) is 4.91. The number of aromatic nitrogens is 2. The van der Waals surface area contributed by atoms with Gasteiger partial charge >= 0.3 is 0 Å². The molecule has 0 fully saturated rings. The average Bonchev–Trinajstić information content (AvgIpc) is 2.44. The van der Waals surface area contributed by atoms with Gasteiger partial charge in [-0.05, 0) is 25.0 Å². The fraction of sp³-hybridized carbons (Fsp3) is 0.267. The third kappa shape index (κ3) is 4.36. The Bertz CT molecular complexity index is 729. The normalized spacial score (nSPS) is 11.9. The van der Waals surface area contributed by atoms with Gasteiger partial charge < -0.3 is 16.0 Å². The molecule has 2 aromatic rings. The van der Waals surface area contributed by atoms with Crippen molar-refractivity contribution in [2.45, 2.75) is 25.0 Å². The van der Waals surface area contributed by atoms with E-state index in [0.29, 0.717) is 5.16 Å². The molecule has 1 amide bonds. The van der Waals surface area contributed by atoms with Crippen LogP contribution >= 0.6 is 11.8 Å². The maximum Gasteiger partial charge on any atom is 0.253 e. The van der Waals surface area contributed by atoms with Gasteiger partial charge in [0, 0.05) is 6.07 Å². The number of hydrogen-bond acceptors (Lipinski definition) is 5. The molecule has 1 aromatic heterocycles. The van der Waals surface area contributed by atoms with Crippen molar-refractivity contribution in [1.82, 2.24) is 15.3 Å². The van der Waals surface area contributed by atoms with Crippen LogP contribution in [0.3, 0.4) is 0 Å². The number of rotatable bonds is 5. The van der Waals surface area contributed by atoms with E-state index < -0.39 is 0 Å². The van der Waals surface area contributed by atoms with E-state index in [0.717, 1.165) is 22.9 Å². The molecule has 1 atom stereocenters. The summed E-state index contributed by atoms with van der Waals surface area (Å²) >= 11 is 1.14. The monoisotopic (exact) mass is 318 g/mol. The number of thioether (sulfide) groups is 1. The van der Waals surface area contributed by atoms with Crippen molar-refractivity contribution < 1.29 is 4.79 Å². The number of carbonyl (C=O) groups excluding carboxylic acids is 1. The van der Waals surface area contributed by atoms with Crippen LogP contribution in [-0.2, 0) is 4.79 Å². The van der Waals surface area contributed by atoms with Crippen molar-refractivity contribution in [3.8, 4) is 0 Å². The Morgan fingerprint density at radius 2 is 2.18 bits per heavy atom. The van der Waals surface area contributed by atoms with Crippen molar-refractivity contribution in [1.29, 1.82) is 0 Å². The van der Waals surface area contributed by atoms with Gasteiger partial charge in [0.15, 0.2) is 5.16 Å². The van der Waals surface area contributed by atoms with E-state index in [2.05, 4.69) is 15.3 Å². The van der Waals surface area contributed by atoms with Crippen molar-refractivity contribution in [2.24, 2.45) is 0 Å². The number of amides is 1. The van der Waals surface area contributed by atoms with E-state index in [4.69, 9.17) is 5.73 Å². The standard InChI is InChI=1S/C15H18N4O2S/c1-9-5-3-4-6-11(9)10(2)17-14(21)8-22-15-18-12(16)7-13(20)19-15/h3-7,10H,8H2,1-2H3,(H,17,21)(H3,16,18,19,20)/t10-/m0/s1. The van der Waals surface area contributed by atoms with Gasteiger partial charge in [-0.15, -0.1) is 0 Å². The van der Waals surface area contributed by atoms with E-state index in [9.17, 15) is 9.59 Å². The number of nitrogen functional groups attached to an aromatic ring is 1. The van der Waals surface area contributed by atoms with Crippen LogP contribution < -0.4 is 16.6 Å². The Morgan fingerprint density at radius 1 is 1.45 bits per heavy atom. The number of aryl methyl sites for hydroxylation is 1. The molecule has 22 heavy (non-hydrogen) atoms. The number of anilines is 1. The summed E-state index contributed by atoms with van der Waals surface area (Å²) < 4.78 is 0. The predicted octanol–water partition coefficient (Wildman–Crippen LogP) is 1.63. The molecule has 2 rings (SSSR count). The summed E-state index contributed by atoms with van der Waals surface area (Å²) in [5.74, 6) is 0.161. The van der Waals surface area contributed by atoms with Gasteiger partial charge in [-0.3, -0.25) is 9.59 Å². The van der Waals surface area contributed by atoms with Gasteiger partial charge in [-0.25, -0.2) is 4.98 Å². The van der Waals surface area contributed by atoms with Gasteiger partial charge in [0.1, 0.15) is 5.82 Å². The van der Waals surface area contributed by atoms with Crippen LogP contribution in [0, 0.1) is 6.92 Å². The number of benzene rings is 1. The lowest BCUT2D eigenvalue weighted by molar-refractivity contribution is -0.119. The number of nitrogens with one attached hydrogen (secondary N) is 2. The topological polar surface area (TPSA) is 101 Å². The second-order valence-corrected chi connectivity index (χ2v) is 5.87. The van der Waals surface area contributed by atoms with E-state index >= 15 is 0 Å². The molecular weight excluding hydrogens is 300 g/mol. The number of aromatic amines is 1. The van der Waals surface area contributed by atoms with Crippen molar-refractivity contribution in [3.05, 3.63) is 51.8 Å². The summed E-state index contributed by atoms with van der Waals surface area (Å²) in [6.07, 6.45) is 0. The largest absolute Gasteiger partial charge is 0.383 e. The molecule has 0 aliphatic carbocycles. The Labute approximate surface area is 132 Å². The van der Waals surface area contributed by atoms with Gasteiger partial charge in [-0.1, -0.05) is 36.0 Å². The van der Waals surface area contributed by atoms with Gasteiger partial charge in [0.2, 0.25) is 5.91 Å². The molecule has 6 nitrogen and oxygen atoms in total. The van der Waals surface area contributed by atoms with Crippen molar-refractivity contribution in [3.63, 3.8) is 0 Å². The first-order valence-corrected chi connectivity index (χ1v) is 7.79. The number of hydrogen-bond donors (Lipinski definition) is 3. The summed E-state index contributed by atoms with van der Waals surface area (Å²) in [5.41, 5.74) is 7.37. The molecule has 0 unspecified atom stereocenters. The zero-order chi connectivity index (χ0) is 16.1.